The van der Waals surface area contributed by atoms with E-state index in [1.807, 2.05) is 30.3 Å². The van der Waals surface area contributed by atoms with E-state index < -0.39 is 5.79 Å². The van der Waals surface area contributed by atoms with Gasteiger partial charge >= 0.3 is 0 Å². The van der Waals surface area contributed by atoms with Gasteiger partial charge in [0.15, 0.2) is 11.6 Å². The molecule has 3 fully saturated rings. The van der Waals surface area contributed by atoms with Crippen LogP contribution in [-0.4, -0.2) is 31.9 Å². The Labute approximate surface area is 142 Å². The van der Waals surface area contributed by atoms with E-state index in [-0.39, 0.29) is 11.8 Å². The number of carbonyl (C=O) groups excluding carboxylic acids is 1. The summed E-state index contributed by atoms with van der Waals surface area (Å²) in [5, 5.41) is 0. The maximum Gasteiger partial charge on any atom is 0.171 e. The van der Waals surface area contributed by atoms with Crippen molar-refractivity contribution in [3.63, 3.8) is 0 Å². The molecule has 1 spiro atoms. The second kappa shape index (κ2) is 6.34. The minimum Gasteiger partial charge on any atom is -0.497 e. The summed E-state index contributed by atoms with van der Waals surface area (Å²) in [6.45, 7) is 1.32. The summed E-state index contributed by atoms with van der Waals surface area (Å²) in [5.74, 6) is 0.908. The normalized spacial score (nSPS) is 30.5. The summed E-state index contributed by atoms with van der Waals surface area (Å²) in [4.78, 5) is 13.0. The molecule has 1 aromatic carbocycles. The number of ether oxygens (including phenoxy) is 3. The number of hydrogen-bond donors (Lipinski definition) is 0. The van der Waals surface area contributed by atoms with Crippen molar-refractivity contribution in [2.24, 2.45) is 11.8 Å². The molecule has 128 valence electrons. The number of Topliss-reactive ketones (excluding diaryl/α,β-unsaturated/α-hetero) is 1. The molecule has 2 aliphatic carbocycles. The molecule has 1 aliphatic heterocycles. The first-order valence-corrected chi connectivity index (χ1v) is 8.89. The van der Waals surface area contributed by atoms with Crippen molar-refractivity contribution in [1.29, 1.82) is 0 Å². The lowest BCUT2D eigenvalue weighted by molar-refractivity contribution is -0.227. The van der Waals surface area contributed by atoms with Crippen molar-refractivity contribution < 1.29 is 19.0 Å². The van der Waals surface area contributed by atoms with Crippen LogP contribution in [0.25, 0.3) is 6.08 Å². The number of ketones is 1. The third kappa shape index (κ3) is 2.68. The number of carbonyl (C=O) groups is 1. The Balaban J connectivity index is 1.56. The van der Waals surface area contributed by atoms with Gasteiger partial charge in [-0.3, -0.25) is 4.79 Å². The van der Waals surface area contributed by atoms with E-state index in [1.54, 1.807) is 7.11 Å². The van der Waals surface area contributed by atoms with Crippen LogP contribution in [-0.2, 0) is 14.3 Å². The SMILES string of the molecule is COc1ccc(/C=C2\CC[C@H]3[C@@H](CCCC34OCCO4)C2=O)cc1. The number of methoxy groups -OCH3 is 1. The molecule has 1 saturated heterocycles. The van der Waals surface area contributed by atoms with E-state index in [9.17, 15) is 4.79 Å². The van der Waals surface area contributed by atoms with Crippen molar-refractivity contribution >= 4 is 11.9 Å². The molecule has 0 amide bonds. The van der Waals surface area contributed by atoms with E-state index in [1.165, 1.54) is 0 Å². The van der Waals surface area contributed by atoms with Crippen LogP contribution in [0.5, 0.6) is 5.75 Å². The topological polar surface area (TPSA) is 44.8 Å². The molecule has 24 heavy (non-hydrogen) atoms. The third-order valence-corrected chi connectivity index (χ3v) is 5.70. The van der Waals surface area contributed by atoms with E-state index in [0.29, 0.717) is 19.0 Å². The fourth-order valence-corrected chi connectivity index (χ4v) is 4.54. The van der Waals surface area contributed by atoms with Gasteiger partial charge < -0.3 is 14.2 Å². The van der Waals surface area contributed by atoms with Crippen molar-refractivity contribution in [2.75, 3.05) is 20.3 Å². The quantitative estimate of drug-likeness (QED) is 0.778. The molecule has 2 atom stereocenters. The Hall–Kier alpha value is -1.65. The molecule has 2 saturated carbocycles. The molecule has 0 aromatic heterocycles. The molecule has 0 unspecified atom stereocenters. The summed E-state index contributed by atoms with van der Waals surface area (Å²) >= 11 is 0. The third-order valence-electron chi connectivity index (χ3n) is 5.70. The Morgan fingerprint density at radius 2 is 1.92 bits per heavy atom. The minimum atomic E-state index is -0.482. The van der Waals surface area contributed by atoms with Crippen LogP contribution in [0.3, 0.4) is 0 Å². The lowest BCUT2D eigenvalue weighted by Crippen LogP contribution is -2.50. The number of allylic oxidation sites excluding steroid dienone is 1. The van der Waals surface area contributed by atoms with Crippen LogP contribution in [0.1, 0.15) is 37.7 Å². The fourth-order valence-electron chi connectivity index (χ4n) is 4.54. The molecule has 1 heterocycles. The standard InChI is InChI=1S/C20H24O4/c1-22-16-7-4-14(5-8-16)13-15-6-9-18-17(19(15)21)3-2-10-20(18)23-11-12-24-20/h4-5,7-8,13,17-18H,2-3,6,9-12H2,1H3/b15-13+/t17-,18+/m1/s1. The molecular formula is C20H24O4. The van der Waals surface area contributed by atoms with Crippen LogP contribution in [0.15, 0.2) is 29.8 Å². The van der Waals surface area contributed by atoms with Gasteiger partial charge in [0.05, 0.1) is 20.3 Å². The highest BCUT2D eigenvalue weighted by Crippen LogP contribution is 2.49. The Morgan fingerprint density at radius 1 is 1.17 bits per heavy atom. The van der Waals surface area contributed by atoms with Gasteiger partial charge in [-0.2, -0.15) is 0 Å². The van der Waals surface area contributed by atoms with Gasteiger partial charge in [0.2, 0.25) is 0 Å². The zero-order valence-corrected chi connectivity index (χ0v) is 14.1. The number of rotatable bonds is 2. The fraction of sp³-hybridized carbons (Fsp3) is 0.550. The van der Waals surface area contributed by atoms with Gasteiger partial charge in [-0.15, -0.1) is 0 Å². The number of fused-ring (bicyclic) bond motifs is 2. The zero-order chi connectivity index (χ0) is 16.6. The van der Waals surface area contributed by atoms with Crippen molar-refractivity contribution in [2.45, 2.75) is 37.9 Å². The van der Waals surface area contributed by atoms with Gasteiger partial charge in [0.1, 0.15) is 5.75 Å². The van der Waals surface area contributed by atoms with E-state index in [0.717, 1.165) is 49.0 Å². The number of hydrogen-bond acceptors (Lipinski definition) is 4. The van der Waals surface area contributed by atoms with Gasteiger partial charge in [-0.05, 0) is 55.0 Å². The average molecular weight is 328 g/mol. The number of benzene rings is 1. The molecular weight excluding hydrogens is 304 g/mol. The van der Waals surface area contributed by atoms with Crippen molar-refractivity contribution in [1.82, 2.24) is 0 Å². The van der Waals surface area contributed by atoms with Gasteiger partial charge in [0, 0.05) is 18.3 Å². The van der Waals surface area contributed by atoms with E-state index in [2.05, 4.69) is 0 Å². The van der Waals surface area contributed by atoms with Crippen molar-refractivity contribution in [3.8, 4) is 5.75 Å². The smallest absolute Gasteiger partial charge is 0.171 e. The molecule has 0 N–H and O–H groups in total. The van der Waals surface area contributed by atoms with E-state index in [4.69, 9.17) is 14.2 Å². The van der Waals surface area contributed by atoms with Crippen LogP contribution in [0.4, 0.5) is 0 Å². The summed E-state index contributed by atoms with van der Waals surface area (Å²) in [5.41, 5.74) is 1.99. The predicted octanol–water partition coefficient (Wildman–Crippen LogP) is 3.60. The highest BCUT2D eigenvalue weighted by atomic mass is 16.7. The first-order valence-electron chi connectivity index (χ1n) is 8.89. The molecule has 4 heteroatoms. The summed E-state index contributed by atoms with van der Waals surface area (Å²) in [6, 6.07) is 7.85. The Kier molecular flexibility index (Phi) is 4.19. The van der Waals surface area contributed by atoms with Crippen LogP contribution < -0.4 is 4.74 Å². The van der Waals surface area contributed by atoms with Gasteiger partial charge in [0.25, 0.3) is 0 Å². The van der Waals surface area contributed by atoms with Gasteiger partial charge in [-0.1, -0.05) is 12.1 Å². The average Bonchev–Trinajstić information content (AvgIpc) is 3.08. The monoisotopic (exact) mass is 328 g/mol. The first kappa shape index (κ1) is 15.9. The largest absolute Gasteiger partial charge is 0.497 e. The highest BCUT2D eigenvalue weighted by Gasteiger charge is 2.53. The lowest BCUT2D eigenvalue weighted by atomic mass is 9.65. The maximum absolute atomic E-state index is 13.0. The van der Waals surface area contributed by atoms with Crippen molar-refractivity contribution in [3.05, 3.63) is 35.4 Å². The minimum absolute atomic E-state index is 0.0510. The van der Waals surface area contributed by atoms with Gasteiger partial charge in [-0.25, -0.2) is 0 Å². The van der Waals surface area contributed by atoms with Crippen LogP contribution in [0, 0.1) is 11.8 Å². The predicted molar refractivity (Wildman–Crippen MR) is 90.7 cm³/mol. The molecule has 1 aromatic rings. The summed E-state index contributed by atoms with van der Waals surface area (Å²) < 4.78 is 17.1. The highest BCUT2D eigenvalue weighted by molar-refractivity contribution is 6.02. The second-order valence-corrected chi connectivity index (χ2v) is 6.96. The first-order chi connectivity index (χ1) is 11.7. The van der Waals surface area contributed by atoms with Crippen LogP contribution in [0.2, 0.25) is 0 Å². The molecule has 0 radical (unpaired) electrons. The molecule has 0 bridgehead atoms. The second-order valence-electron chi connectivity index (χ2n) is 6.96. The Morgan fingerprint density at radius 3 is 2.62 bits per heavy atom. The summed E-state index contributed by atoms with van der Waals surface area (Å²) in [6.07, 6.45) is 6.70. The Bertz CT molecular complexity index is 640. The molecule has 3 aliphatic rings. The summed E-state index contributed by atoms with van der Waals surface area (Å²) in [7, 11) is 1.66. The van der Waals surface area contributed by atoms with Crippen LogP contribution >= 0.6 is 0 Å². The molecule has 4 rings (SSSR count). The zero-order valence-electron chi connectivity index (χ0n) is 14.1. The maximum atomic E-state index is 13.0. The van der Waals surface area contributed by atoms with E-state index >= 15 is 0 Å². The lowest BCUT2D eigenvalue weighted by Gasteiger charge is -2.46. The molecule has 4 nitrogen and oxygen atoms in total.